The molecule has 1 aromatic heterocycles. The normalized spacial score (nSPS) is 20.8. The maximum Gasteiger partial charge on any atom is 0.177 e. The minimum Gasteiger partial charge on any atom is -0.376 e. The van der Waals surface area contributed by atoms with Crippen LogP contribution >= 0.6 is 0 Å². The van der Waals surface area contributed by atoms with Crippen molar-refractivity contribution in [2.75, 3.05) is 26.1 Å². The highest BCUT2D eigenvalue weighted by Gasteiger charge is 2.22. The van der Waals surface area contributed by atoms with E-state index in [0.29, 0.717) is 36.7 Å². The molecule has 1 aromatic carbocycles. The van der Waals surface area contributed by atoms with Gasteiger partial charge in [0.25, 0.3) is 0 Å². The zero-order chi connectivity index (χ0) is 13.5. The van der Waals surface area contributed by atoms with Crippen LogP contribution < -0.4 is 0 Å². The van der Waals surface area contributed by atoms with Crippen LogP contribution in [-0.4, -0.2) is 44.5 Å². The Morgan fingerprint density at radius 2 is 2.21 bits per heavy atom. The Hall–Kier alpha value is -1.44. The Bertz CT molecular complexity index is 702. The number of ether oxygens (including phenoxy) is 2. The largest absolute Gasteiger partial charge is 0.376 e. The average molecular weight is 282 g/mol. The summed E-state index contributed by atoms with van der Waals surface area (Å²) in [4.78, 5) is 7.69. The summed E-state index contributed by atoms with van der Waals surface area (Å²) in [5.74, 6) is 0.603. The van der Waals surface area contributed by atoms with Crippen LogP contribution in [0.5, 0.6) is 0 Å². The van der Waals surface area contributed by atoms with E-state index in [1.54, 1.807) is 18.2 Å². The number of sulfone groups is 1. The average Bonchev–Trinajstić information content (AvgIpc) is 2.82. The van der Waals surface area contributed by atoms with Gasteiger partial charge in [-0.05, 0) is 12.1 Å². The number of nitrogens with one attached hydrogen (secondary N) is 1. The smallest absolute Gasteiger partial charge is 0.177 e. The molecule has 102 valence electrons. The van der Waals surface area contributed by atoms with Crippen LogP contribution in [0, 0.1) is 0 Å². The van der Waals surface area contributed by atoms with E-state index in [2.05, 4.69) is 9.97 Å². The monoisotopic (exact) mass is 282 g/mol. The van der Waals surface area contributed by atoms with E-state index >= 15 is 0 Å². The predicted octanol–water partition coefficient (Wildman–Crippen LogP) is 1.05. The number of H-pyrrole nitrogens is 1. The van der Waals surface area contributed by atoms with Crippen LogP contribution in [0.1, 0.15) is 11.9 Å². The molecule has 1 atom stereocenters. The number of hydrogen-bond acceptors (Lipinski definition) is 5. The molecule has 2 heterocycles. The molecular weight excluding hydrogens is 268 g/mol. The fourth-order valence-electron chi connectivity index (χ4n) is 2.12. The molecule has 7 heteroatoms. The van der Waals surface area contributed by atoms with Gasteiger partial charge in [0.15, 0.2) is 9.84 Å². The molecule has 2 aromatic rings. The second-order valence-corrected chi connectivity index (χ2v) is 6.47. The molecule has 1 aliphatic rings. The van der Waals surface area contributed by atoms with Gasteiger partial charge in [-0.25, -0.2) is 13.4 Å². The number of imidazole rings is 1. The van der Waals surface area contributed by atoms with Crippen molar-refractivity contribution in [2.24, 2.45) is 0 Å². The molecular formula is C12H14N2O4S. The van der Waals surface area contributed by atoms with Crippen LogP contribution in [0.15, 0.2) is 23.1 Å². The molecule has 1 unspecified atom stereocenters. The number of aromatic nitrogens is 2. The zero-order valence-corrected chi connectivity index (χ0v) is 11.2. The highest BCUT2D eigenvalue weighted by Crippen LogP contribution is 2.25. The van der Waals surface area contributed by atoms with Crippen molar-refractivity contribution in [3.8, 4) is 0 Å². The highest BCUT2D eigenvalue weighted by molar-refractivity contribution is 7.91. The first-order valence-corrected chi connectivity index (χ1v) is 7.83. The molecule has 0 saturated carbocycles. The van der Waals surface area contributed by atoms with Gasteiger partial charge in [-0.3, -0.25) is 0 Å². The van der Waals surface area contributed by atoms with Gasteiger partial charge in [0, 0.05) is 6.26 Å². The Balaban J connectivity index is 2.10. The van der Waals surface area contributed by atoms with Crippen LogP contribution in [0.4, 0.5) is 0 Å². The van der Waals surface area contributed by atoms with Crippen molar-refractivity contribution >= 4 is 20.9 Å². The quantitative estimate of drug-likeness (QED) is 0.890. The summed E-state index contributed by atoms with van der Waals surface area (Å²) >= 11 is 0. The first kappa shape index (κ1) is 12.6. The van der Waals surface area contributed by atoms with Crippen LogP contribution in [0.2, 0.25) is 0 Å². The lowest BCUT2D eigenvalue weighted by Crippen LogP contribution is -2.22. The van der Waals surface area contributed by atoms with E-state index in [9.17, 15) is 8.42 Å². The summed E-state index contributed by atoms with van der Waals surface area (Å²) in [5.41, 5.74) is 1.14. The van der Waals surface area contributed by atoms with Gasteiger partial charge in [0.05, 0.1) is 30.2 Å². The van der Waals surface area contributed by atoms with Gasteiger partial charge in [0.1, 0.15) is 17.4 Å². The summed E-state index contributed by atoms with van der Waals surface area (Å²) in [6.45, 7) is 1.51. The van der Waals surface area contributed by atoms with Crippen molar-refractivity contribution in [2.45, 2.75) is 11.0 Å². The Morgan fingerprint density at radius 3 is 2.89 bits per heavy atom. The van der Waals surface area contributed by atoms with E-state index in [0.717, 1.165) is 0 Å². The summed E-state index contributed by atoms with van der Waals surface area (Å²) in [7, 11) is -3.30. The predicted molar refractivity (Wildman–Crippen MR) is 68.7 cm³/mol. The second-order valence-electron chi connectivity index (χ2n) is 4.48. The third-order valence-electron chi connectivity index (χ3n) is 3.01. The van der Waals surface area contributed by atoms with E-state index < -0.39 is 9.84 Å². The maximum atomic E-state index is 11.7. The number of hydrogen-bond donors (Lipinski definition) is 1. The van der Waals surface area contributed by atoms with E-state index in [1.165, 1.54) is 6.26 Å². The molecule has 0 aliphatic carbocycles. The van der Waals surface area contributed by atoms with Crippen molar-refractivity contribution < 1.29 is 17.9 Å². The minimum absolute atomic E-state index is 0.226. The van der Waals surface area contributed by atoms with Crippen molar-refractivity contribution in [1.82, 2.24) is 9.97 Å². The summed E-state index contributed by atoms with van der Waals surface area (Å²) < 4.78 is 34.3. The lowest BCUT2D eigenvalue weighted by Gasteiger charge is -2.20. The molecule has 0 radical (unpaired) electrons. The molecule has 0 amide bonds. The Labute approximate surface area is 110 Å². The van der Waals surface area contributed by atoms with Gasteiger partial charge >= 0.3 is 0 Å². The molecule has 1 aliphatic heterocycles. The van der Waals surface area contributed by atoms with Gasteiger partial charge in [0.2, 0.25) is 0 Å². The lowest BCUT2D eigenvalue weighted by molar-refractivity contribution is -0.0931. The first-order valence-electron chi connectivity index (χ1n) is 5.94. The molecule has 3 rings (SSSR count). The van der Waals surface area contributed by atoms with Crippen molar-refractivity contribution in [3.63, 3.8) is 0 Å². The standard InChI is InChI=1S/C12H14N2O4S/c1-19(15,16)10-4-2-3-8-11(10)14-12(13-8)9-7-17-5-6-18-9/h2-4,9H,5-7H2,1H3,(H,13,14). The third-order valence-corrected chi connectivity index (χ3v) is 4.14. The number of para-hydroxylation sites is 1. The molecule has 0 bridgehead atoms. The first-order chi connectivity index (χ1) is 9.05. The number of nitrogens with zero attached hydrogens (tertiary/aromatic N) is 1. The van der Waals surface area contributed by atoms with Crippen LogP contribution in [-0.2, 0) is 19.3 Å². The Kier molecular flexibility index (Phi) is 3.04. The van der Waals surface area contributed by atoms with Gasteiger partial charge in [-0.2, -0.15) is 0 Å². The highest BCUT2D eigenvalue weighted by atomic mass is 32.2. The van der Waals surface area contributed by atoms with Crippen LogP contribution in [0.3, 0.4) is 0 Å². The Morgan fingerprint density at radius 1 is 1.37 bits per heavy atom. The number of rotatable bonds is 2. The number of benzene rings is 1. The topological polar surface area (TPSA) is 81.3 Å². The fraction of sp³-hybridized carbons (Fsp3) is 0.417. The maximum absolute atomic E-state index is 11.7. The van der Waals surface area contributed by atoms with E-state index in [1.807, 2.05) is 0 Å². The van der Waals surface area contributed by atoms with Crippen LogP contribution in [0.25, 0.3) is 11.0 Å². The minimum atomic E-state index is -3.30. The molecule has 1 N–H and O–H groups in total. The summed E-state index contributed by atoms with van der Waals surface area (Å²) in [6, 6.07) is 5.05. The van der Waals surface area contributed by atoms with Crippen molar-refractivity contribution in [1.29, 1.82) is 0 Å². The summed E-state index contributed by atoms with van der Waals surface area (Å²) in [5, 5.41) is 0. The fourth-order valence-corrected chi connectivity index (χ4v) is 2.95. The molecule has 0 spiro atoms. The second kappa shape index (κ2) is 4.59. The van der Waals surface area contributed by atoms with Gasteiger partial charge < -0.3 is 14.5 Å². The molecule has 1 fully saturated rings. The zero-order valence-electron chi connectivity index (χ0n) is 10.4. The van der Waals surface area contributed by atoms with Crippen molar-refractivity contribution in [3.05, 3.63) is 24.0 Å². The number of fused-ring (bicyclic) bond motifs is 1. The molecule has 19 heavy (non-hydrogen) atoms. The summed E-state index contributed by atoms with van der Waals surface area (Å²) in [6.07, 6.45) is 0.907. The molecule has 6 nitrogen and oxygen atoms in total. The van der Waals surface area contributed by atoms with Gasteiger partial charge in [-0.15, -0.1) is 0 Å². The SMILES string of the molecule is CS(=O)(=O)c1cccc2[nH]c(C3COCCO3)nc12. The molecule has 1 saturated heterocycles. The van der Waals surface area contributed by atoms with Gasteiger partial charge in [-0.1, -0.05) is 6.07 Å². The lowest BCUT2D eigenvalue weighted by atomic mass is 10.3. The van der Waals surface area contributed by atoms with E-state index in [4.69, 9.17) is 9.47 Å². The number of aromatic amines is 1. The van der Waals surface area contributed by atoms with E-state index in [-0.39, 0.29) is 11.0 Å². The third kappa shape index (κ3) is 2.36.